The fourth-order valence-corrected chi connectivity index (χ4v) is 2.07. The molecule has 2 atom stereocenters. The van der Waals surface area contributed by atoms with Gasteiger partial charge in [0.25, 0.3) is 0 Å². The van der Waals surface area contributed by atoms with Crippen LogP contribution in [0.4, 0.5) is 9.18 Å². The second-order valence-electron chi connectivity index (χ2n) is 5.54. The van der Waals surface area contributed by atoms with E-state index in [1.807, 2.05) is 0 Å². The zero-order valence-corrected chi connectivity index (χ0v) is 13.6. The van der Waals surface area contributed by atoms with Gasteiger partial charge in [-0.15, -0.1) is 0 Å². The van der Waals surface area contributed by atoms with Crippen LogP contribution in [-0.2, 0) is 4.74 Å². The molecule has 0 spiro atoms. The highest BCUT2D eigenvalue weighted by Crippen LogP contribution is 2.27. The number of hydrogen-bond acceptors (Lipinski definition) is 4. The van der Waals surface area contributed by atoms with Gasteiger partial charge in [0.05, 0.1) is 4.47 Å². The molecule has 0 saturated carbocycles. The van der Waals surface area contributed by atoms with Crippen LogP contribution in [0, 0.1) is 5.82 Å². The van der Waals surface area contributed by atoms with Crippen LogP contribution in [0.2, 0.25) is 0 Å². The van der Waals surface area contributed by atoms with E-state index in [9.17, 15) is 19.4 Å². The summed E-state index contributed by atoms with van der Waals surface area (Å²) in [7, 11) is 0. The van der Waals surface area contributed by atoms with Crippen molar-refractivity contribution in [2.45, 2.75) is 38.6 Å². The van der Waals surface area contributed by atoms with Gasteiger partial charge in [0, 0.05) is 12.1 Å². The molecule has 118 valence electrons. The molecule has 1 aromatic carbocycles. The summed E-state index contributed by atoms with van der Waals surface area (Å²) in [6.45, 7) is 4.91. The second-order valence-corrected chi connectivity index (χ2v) is 6.33. The third kappa shape index (κ3) is 5.61. The molecule has 2 unspecified atom stereocenters. The number of ether oxygens (including phenoxy) is 1. The van der Waals surface area contributed by atoms with Crippen LogP contribution in [0.3, 0.4) is 0 Å². The molecule has 5 nitrogen and oxygen atoms in total. The van der Waals surface area contributed by atoms with Gasteiger partial charge < -0.3 is 20.3 Å². The minimum absolute atomic E-state index is 0.0776. The standard InChI is InChI=1S/C14H19BrFNO4/c1-14(2,3)21-13(20)17-7-10(18)12(19)8-5-4-6-9(16)11(8)15/h4-6,10,12,18-19H,7H2,1-3H3,(H,17,20). The van der Waals surface area contributed by atoms with Crippen molar-refractivity contribution in [1.82, 2.24) is 5.32 Å². The molecule has 1 amide bonds. The van der Waals surface area contributed by atoms with E-state index in [2.05, 4.69) is 21.2 Å². The number of rotatable bonds is 4. The molecule has 7 heteroatoms. The van der Waals surface area contributed by atoms with Gasteiger partial charge in [0.1, 0.15) is 23.6 Å². The Morgan fingerprint density at radius 2 is 2.05 bits per heavy atom. The van der Waals surface area contributed by atoms with Crippen LogP contribution in [0.5, 0.6) is 0 Å². The monoisotopic (exact) mass is 363 g/mol. The summed E-state index contributed by atoms with van der Waals surface area (Å²) in [5, 5.41) is 22.2. The first kappa shape index (κ1) is 17.9. The Hall–Kier alpha value is -1.18. The number of amides is 1. The molecule has 0 aromatic heterocycles. The fraction of sp³-hybridized carbons (Fsp3) is 0.500. The first-order valence-corrected chi connectivity index (χ1v) is 7.18. The molecule has 0 heterocycles. The summed E-state index contributed by atoms with van der Waals surface area (Å²) >= 11 is 3.01. The van der Waals surface area contributed by atoms with Crippen LogP contribution in [-0.4, -0.2) is 34.6 Å². The number of hydrogen-bond donors (Lipinski definition) is 3. The lowest BCUT2D eigenvalue weighted by molar-refractivity contribution is 0.0124. The maximum atomic E-state index is 13.4. The lowest BCUT2D eigenvalue weighted by Gasteiger charge is -2.22. The Labute approximate surface area is 131 Å². The van der Waals surface area contributed by atoms with Crippen molar-refractivity contribution in [3.8, 4) is 0 Å². The highest BCUT2D eigenvalue weighted by Gasteiger charge is 2.23. The predicted molar refractivity (Wildman–Crippen MR) is 79.3 cm³/mol. The Kier molecular flexibility index (Phi) is 6.12. The van der Waals surface area contributed by atoms with Gasteiger partial charge in [0.15, 0.2) is 0 Å². The van der Waals surface area contributed by atoms with Crippen molar-refractivity contribution in [2.75, 3.05) is 6.54 Å². The van der Waals surface area contributed by atoms with Gasteiger partial charge in [-0.05, 0) is 42.8 Å². The number of halogens is 2. The van der Waals surface area contributed by atoms with E-state index in [0.29, 0.717) is 0 Å². The van der Waals surface area contributed by atoms with Gasteiger partial charge in [-0.1, -0.05) is 12.1 Å². The highest BCUT2D eigenvalue weighted by molar-refractivity contribution is 9.10. The molecule has 1 rings (SSSR count). The minimum Gasteiger partial charge on any atom is -0.444 e. The molecule has 0 aliphatic carbocycles. The Bertz CT molecular complexity index is 504. The normalized spacial score (nSPS) is 14.4. The maximum absolute atomic E-state index is 13.4. The van der Waals surface area contributed by atoms with Gasteiger partial charge >= 0.3 is 6.09 Å². The fourth-order valence-electron chi connectivity index (χ4n) is 1.57. The molecule has 0 radical (unpaired) electrons. The van der Waals surface area contributed by atoms with Crippen LogP contribution >= 0.6 is 15.9 Å². The molecule has 0 bridgehead atoms. The molecule has 21 heavy (non-hydrogen) atoms. The molecular weight excluding hydrogens is 345 g/mol. The Balaban J connectivity index is 2.61. The third-order valence-electron chi connectivity index (χ3n) is 2.52. The van der Waals surface area contributed by atoms with Crippen molar-refractivity contribution < 1.29 is 24.1 Å². The molecule has 0 aliphatic heterocycles. The van der Waals surface area contributed by atoms with Crippen LogP contribution in [0.15, 0.2) is 22.7 Å². The summed E-state index contributed by atoms with van der Waals surface area (Å²) in [5.41, 5.74) is -0.451. The van der Waals surface area contributed by atoms with Crippen molar-refractivity contribution >= 4 is 22.0 Å². The highest BCUT2D eigenvalue weighted by atomic mass is 79.9. The van der Waals surface area contributed by atoms with Gasteiger partial charge in [0.2, 0.25) is 0 Å². The van der Waals surface area contributed by atoms with Crippen LogP contribution in [0.1, 0.15) is 32.4 Å². The van der Waals surface area contributed by atoms with E-state index < -0.39 is 29.7 Å². The van der Waals surface area contributed by atoms with E-state index in [0.717, 1.165) is 0 Å². The zero-order valence-electron chi connectivity index (χ0n) is 12.1. The molecular formula is C14H19BrFNO4. The lowest BCUT2D eigenvalue weighted by Crippen LogP contribution is -2.38. The predicted octanol–water partition coefficient (Wildman–Crippen LogP) is 2.51. The number of aliphatic hydroxyl groups excluding tert-OH is 2. The molecule has 0 aliphatic rings. The molecule has 1 aromatic rings. The number of carbonyl (C=O) groups excluding carboxylic acids is 1. The first-order chi connectivity index (χ1) is 9.61. The summed E-state index contributed by atoms with van der Waals surface area (Å²) < 4.78 is 18.5. The third-order valence-corrected chi connectivity index (χ3v) is 3.36. The quantitative estimate of drug-likeness (QED) is 0.767. The second kappa shape index (κ2) is 7.20. The number of benzene rings is 1. The Morgan fingerprint density at radius 1 is 1.43 bits per heavy atom. The Morgan fingerprint density at radius 3 is 2.62 bits per heavy atom. The van der Waals surface area contributed by atoms with Crippen molar-refractivity contribution in [2.24, 2.45) is 0 Å². The topological polar surface area (TPSA) is 78.8 Å². The lowest BCUT2D eigenvalue weighted by atomic mass is 10.0. The number of nitrogens with one attached hydrogen (secondary N) is 1. The van der Waals surface area contributed by atoms with Gasteiger partial charge in [-0.2, -0.15) is 0 Å². The maximum Gasteiger partial charge on any atom is 0.407 e. The first-order valence-electron chi connectivity index (χ1n) is 6.38. The minimum atomic E-state index is -1.34. The largest absolute Gasteiger partial charge is 0.444 e. The van der Waals surface area contributed by atoms with E-state index >= 15 is 0 Å². The van der Waals surface area contributed by atoms with E-state index in [1.54, 1.807) is 20.8 Å². The summed E-state index contributed by atoms with van der Waals surface area (Å²) in [4.78, 5) is 11.4. The van der Waals surface area contributed by atoms with Crippen LogP contribution in [0.25, 0.3) is 0 Å². The summed E-state index contributed by atoms with van der Waals surface area (Å²) in [5.74, 6) is -0.543. The molecule has 0 fully saturated rings. The van der Waals surface area contributed by atoms with Gasteiger partial charge in [-0.3, -0.25) is 0 Å². The van der Waals surface area contributed by atoms with Gasteiger partial charge in [-0.25, -0.2) is 9.18 Å². The van der Waals surface area contributed by atoms with E-state index in [4.69, 9.17) is 4.74 Å². The molecule has 0 saturated heterocycles. The molecule has 3 N–H and O–H groups in total. The number of alkyl carbamates (subject to hydrolysis) is 1. The van der Waals surface area contributed by atoms with Crippen molar-refractivity contribution in [3.63, 3.8) is 0 Å². The zero-order chi connectivity index (χ0) is 16.2. The van der Waals surface area contributed by atoms with Crippen molar-refractivity contribution in [1.29, 1.82) is 0 Å². The SMILES string of the molecule is CC(C)(C)OC(=O)NCC(O)C(O)c1cccc(F)c1Br. The summed E-state index contributed by atoms with van der Waals surface area (Å²) in [6, 6.07) is 4.13. The van der Waals surface area contributed by atoms with E-state index in [1.165, 1.54) is 18.2 Å². The van der Waals surface area contributed by atoms with E-state index in [-0.39, 0.29) is 16.6 Å². The van der Waals surface area contributed by atoms with Crippen LogP contribution < -0.4 is 5.32 Å². The number of carbonyl (C=O) groups is 1. The number of aliphatic hydroxyl groups is 2. The average molecular weight is 364 g/mol. The average Bonchev–Trinajstić information content (AvgIpc) is 2.36. The summed E-state index contributed by atoms with van der Waals surface area (Å²) in [6.07, 6.45) is -3.34. The van der Waals surface area contributed by atoms with Crippen molar-refractivity contribution in [3.05, 3.63) is 34.1 Å². The smallest absolute Gasteiger partial charge is 0.407 e.